The van der Waals surface area contributed by atoms with Crippen LogP contribution < -0.4 is 0 Å². The first-order valence-corrected chi connectivity index (χ1v) is 8.70. The summed E-state index contributed by atoms with van der Waals surface area (Å²) < 4.78 is 16.0. The summed E-state index contributed by atoms with van der Waals surface area (Å²) in [6.45, 7) is -1.51. The largest absolute Gasteiger partial charge is 0.478 e. The van der Waals surface area contributed by atoms with Crippen molar-refractivity contribution in [1.29, 1.82) is 0 Å². The minimum Gasteiger partial charge on any atom is -0.478 e. The number of aliphatic carboxylic acids is 1. The average Bonchev–Trinajstić information content (AvgIpc) is 2.94. The van der Waals surface area contributed by atoms with Crippen molar-refractivity contribution in [2.24, 2.45) is 11.8 Å². The second-order valence-electron chi connectivity index (χ2n) is 7.30. The van der Waals surface area contributed by atoms with Gasteiger partial charge in [-0.05, 0) is 0 Å². The van der Waals surface area contributed by atoms with Gasteiger partial charge in [0.25, 0.3) is 0 Å². The van der Waals surface area contributed by atoms with E-state index in [1.807, 2.05) is 0 Å². The molecule has 10 unspecified atom stereocenters. The topological polar surface area (TPSA) is 207 Å². The Balaban J connectivity index is 1.88. The van der Waals surface area contributed by atoms with E-state index in [9.17, 15) is 45.6 Å². The van der Waals surface area contributed by atoms with Gasteiger partial charge in [-0.3, -0.25) is 0 Å². The Morgan fingerprint density at radius 1 is 1.14 bits per heavy atom. The molecular weight excluding hydrogens is 384 g/mol. The Morgan fingerprint density at radius 2 is 1.82 bits per heavy atom. The van der Waals surface area contributed by atoms with Gasteiger partial charge in [0.2, 0.25) is 6.29 Å². The summed E-state index contributed by atoms with van der Waals surface area (Å²) in [7, 11) is 0. The lowest BCUT2D eigenvalue weighted by molar-refractivity contribution is -0.347. The van der Waals surface area contributed by atoms with Crippen LogP contribution in [-0.2, 0) is 19.0 Å². The fraction of sp³-hybridized carbons (Fsp3) is 0.812. The Bertz CT molecular complexity index is 623. The standard InChI is InChI=1S/C16H24O12/c17-2-7-10(20)11(21)12(22)15(27-7)28-14-9-8(5(3-26-14)13(23)24)6(19)1-16(9,25)4-18/h3,6-12,14-15,17-22,25H,1-2,4H2,(H,23,24). The van der Waals surface area contributed by atoms with Crippen molar-refractivity contribution in [3.05, 3.63) is 11.8 Å². The molecule has 3 aliphatic rings. The molecule has 1 saturated heterocycles. The molecular formula is C16H24O12. The summed E-state index contributed by atoms with van der Waals surface area (Å²) >= 11 is 0. The maximum absolute atomic E-state index is 11.5. The summed E-state index contributed by atoms with van der Waals surface area (Å²) in [5, 5.41) is 78.9. The number of hydrogen-bond donors (Lipinski definition) is 8. The van der Waals surface area contributed by atoms with Gasteiger partial charge < -0.3 is 55.1 Å². The predicted octanol–water partition coefficient (Wildman–Crippen LogP) is -4.15. The highest BCUT2D eigenvalue weighted by molar-refractivity contribution is 5.87. The van der Waals surface area contributed by atoms with E-state index in [2.05, 4.69) is 0 Å². The van der Waals surface area contributed by atoms with Crippen molar-refractivity contribution in [2.75, 3.05) is 13.2 Å². The molecule has 2 fully saturated rings. The van der Waals surface area contributed by atoms with Gasteiger partial charge in [0.15, 0.2) is 6.29 Å². The van der Waals surface area contributed by atoms with E-state index in [4.69, 9.17) is 14.2 Å². The van der Waals surface area contributed by atoms with Crippen LogP contribution in [0.25, 0.3) is 0 Å². The fourth-order valence-corrected chi connectivity index (χ4v) is 4.12. The Kier molecular flexibility index (Phi) is 5.96. The van der Waals surface area contributed by atoms with Crippen molar-refractivity contribution in [2.45, 2.75) is 55.1 Å². The number of ether oxygens (including phenoxy) is 3. The molecule has 0 spiro atoms. The van der Waals surface area contributed by atoms with Crippen LogP contribution >= 0.6 is 0 Å². The summed E-state index contributed by atoms with van der Waals surface area (Å²) in [5.74, 6) is -3.77. The van der Waals surface area contributed by atoms with Crippen LogP contribution in [0.5, 0.6) is 0 Å². The lowest BCUT2D eigenvalue weighted by Crippen LogP contribution is -2.61. The lowest BCUT2D eigenvalue weighted by Gasteiger charge is -2.44. The zero-order valence-corrected chi connectivity index (χ0v) is 14.6. The summed E-state index contributed by atoms with van der Waals surface area (Å²) in [6.07, 6.45) is -10.2. The lowest BCUT2D eigenvalue weighted by atomic mass is 9.80. The Hall–Kier alpha value is -1.35. The van der Waals surface area contributed by atoms with Crippen molar-refractivity contribution >= 4 is 5.97 Å². The molecule has 0 radical (unpaired) electrons. The molecule has 0 bridgehead atoms. The van der Waals surface area contributed by atoms with Crippen molar-refractivity contribution < 1.29 is 59.9 Å². The van der Waals surface area contributed by atoms with Gasteiger partial charge in [-0.1, -0.05) is 0 Å². The number of fused-ring (bicyclic) bond motifs is 1. The number of hydrogen-bond acceptors (Lipinski definition) is 11. The van der Waals surface area contributed by atoms with E-state index in [0.717, 1.165) is 6.26 Å². The van der Waals surface area contributed by atoms with Crippen molar-refractivity contribution in [3.8, 4) is 0 Å². The maximum Gasteiger partial charge on any atom is 0.335 e. The monoisotopic (exact) mass is 408 g/mol. The van der Waals surface area contributed by atoms with E-state index in [0.29, 0.717) is 0 Å². The molecule has 0 aromatic heterocycles. The highest BCUT2D eigenvalue weighted by Gasteiger charge is 2.61. The highest BCUT2D eigenvalue weighted by atomic mass is 16.8. The van der Waals surface area contributed by atoms with E-state index in [-0.39, 0.29) is 12.0 Å². The molecule has 12 nitrogen and oxygen atoms in total. The molecule has 1 saturated carbocycles. The van der Waals surface area contributed by atoms with E-state index in [1.54, 1.807) is 0 Å². The first-order chi connectivity index (χ1) is 13.1. The van der Waals surface area contributed by atoms with Crippen LogP contribution in [0, 0.1) is 11.8 Å². The second kappa shape index (κ2) is 7.82. The molecule has 10 atom stereocenters. The number of carboxylic acids is 1. The summed E-state index contributed by atoms with van der Waals surface area (Å²) in [6, 6.07) is 0. The first kappa shape index (κ1) is 21.4. The molecule has 3 rings (SSSR count). The third-order valence-corrected chi connectivity index (χ3v) is 5.60. The summed E-state index contributed by atoms with van der Waals surface area (Å²) in [5.41, 5.74) is -2.27. The van der Waals surface area contributed by atoms with Crippen molar-refractivity contribution in [1.82, 2.24) is 0 Å². The molecule has 8 N–H and O–H groups in total. The summed E-state index contributed by atoms with van der Waals surface area (Å²) in [4.78, 5) is 11.5. The van der Waals surface area contributed by atoms with Crippen LogP contribution in [0.2, 0.25) is 0 Å². The molecule has 28 heavy (non-hydrogen) atoms. The van der Waals surface area contributed by atoms with Gasteiger partial charge in [0.1, 0.15) is 24.4 Å². The van der Waals surface area contributed by atoms with E-state index in [1.165, 1.54) is 0 Å². The van der Waals surface area contributed by atoms with Gasteiger partial charge in [-0.15, -0.1) is 0 Å². The number of rotatable bonds is 5. The first-order valence-electron chi connectivity index (χ1n) is 8.70. The van der Waals surface area contributed by atoms with E-state index >= 15 is 0 Å². The van der Waals surface area contributed by atoms with Gasteiger partial charge in [-0.2, -0.15) is 0 Å². The molecule has 0 aromatic carbocycles. The highest BCUT2D eigenvalue weighted by Crippen LogP contribution is 2.49. The molecule has 160 valence electrons. The van der Waals surface area contributed by atoms with Crippen molar-refractivity contribution in [3.63, 3.8) is 0 Å². The SMILES string of the molecule is O=C(O)C1=COC(OC2OC(CO)C(O)C(O)C2O)C2C1C(O)CC2(O)CO. The fourth-order valence-electron chi connectivity index (χ4n) is 4.12. The van der Waals surface area contributed by atoms with Gasteiger partial charge in [-0.25, -0.2) is 4.79 Å². The minimum atomic E-state index is -1.95. The Labute approximate surface area is 158 Å². The van der Waals surface area contributed by atoms with Crippen LogP contribution in [0.3, 0.4) is 0 Å². The van der Waals surface area contributed by atoms with Gasteiger partial charge in [0.05, 0.1) is 42.7 Å². The smallest absolute Gasteiger partial charge is 0.335 e. The third-order valence-electron chi connectivity index (χ3n) is 5.60. The molecule has 12 heteroatoms. The molecule has 2 aliphatic heterocycles. The molecule has 0 aromatic rings. The second-order valence-corrected chi connectivity index (χ2v) is 7.30. The third kappa shape index (κ3) is 3.40. The van der Waals surface area contributed by atoms with Gasteiger partial charge in [0, 0.05) is 12.3 Å². The normalized spacial score (nSPS) is 48.5. The maximum atomic E-state index is 11.5. The number of carboxylic acid groups (broad SMARTS) is 1. The average molecular weight is 408 g/mol. The van der Waals surface area contributed by atoms with Crippen LogP contribution in [0.4, 0.5) is 0 Å². The zero-order valence-electron chi connectivity index (χ0n) is 14.6. The minimum absolute atomic E-state index is 0.324. The van der Waals surface area contributed by atoms with Crippen LogP contribution in [-0.4, -0.2) is 109 Å². The quantitative estimate of drug-likeness (QED) is 0.218. The molecule has 2 heterocycles. The Morgan fingerprint density at radius 3 is 2.39 bits per heavy atom. The predicted molar refractivity (Wildman–Crippen MR) is 85.1 cm³/mol. The number of carbonyl (C=O) groups is 1. The number of aliphatic hydroxyl groups excluding tert-OH is 6. The zero-order chi connectivity index (χ0) is 20.8. The molecule has 1 aliphatic carbocycles. The molecule has 0 amide bonds. The van der Waals surface area contributed by atoms with Crippen LogP contribution in [0.15, 0.2) is 11.8 Å². The van der Waals surface area contributed by atoms with Gasteiger partial charge >= 0.3 is 5.97 Å². The number of aliphatic hydroxyl groups is 7. The van der Waals surface area contributed by atoms with E-state index < -0.39 is 79.7 Å². The van der Waals surface area contributed by atoms with Crippen LogP contribution in [0.1, 0.15) is 6.42 Å².